The van der Waals surface area contributed by atoms with Gasteiger partial charge < -0.3 is 19.1 Å². The van der Waals surface area contributed by atoms with Crippen LogP contribution in [0.3, 0.4) is 0 Å². The average molecular weight is 323 g/mol. The van der Waals surface area contributed by atoms with Crippen molar-refractivity contribution in [3.05, 3.63) is 12.7 Å². The smallest absolute Gasteiger partial charge is 0.225 e. The fourth-order valence-electron chi connectivity index (χ4n) is 4.24. The Kier molecular flexibility index (Phi) is 5.72. The number of piperidine rings is 1. The van der Waals surface area contributed by atoms with Crippen molar-refractivity contribution in [3.8, 4) is 0 Å². The molecule has 3 fully saturated rings. The molecule has 23 heavy (non-hydrogen) atoms. The van der Waals surface area contributed by atoms with E-state index >= 15 is 0 Å². The quantitative estimate of drug-likeness (QED) is 0.574. The summed E-state index contributed by atoms with van der Waals surface area (Å²) in [4.78, 5) is 14.9. The molecule has 130 valence electrons. The van der Waals surface area contributed by atoms with E-state index in [0.717, 1.165) is 51.8 Å². The second-order valence-corrected chi connectivity index (χ2v) is 7.06. The Balaban J connectivity index is 1.66. The number of likely N-dealkylation sites (tertiary alicyclic amines) is 1. The van der Waals surface area contributed by atoms with Gasteiger partial charge in [-0.2, -0.15) is 0 Å². The molecule has 0 unspecified atom stereocenters. The zero-order valence-corrected chi connectivity index (χ0v) is 14.0. The van der Waals surface area contributed by atoms with Crippen LogP contribution in [0, 0.1) is 11.3 Å². The van der Waals surface area contributed by atoms with Gasteiger partial charge >= 0.3 is 0 Å². The molecule has 0 aromatic rings. The van der Waals surface area contributed by atoms with Crippen LogP contribution in [0.15, 0.2) is 12.7 Å². The number of hydrogen-bond acceptors (Lipinski definition) is 4. The molecule has 0 aliphatic carbocycles. The summed E-state index contributed by atoms with van der Waals surface area (Å²) in [6.45, 7) is 8.77. The maximum Gasteiger partial charge on any atom is 0.225 e. The molecule has 3 heterocycles. The van der Waals surface area contributed by atoms with Crippen molar-refractivity contribution >= 4 is 5.91 Å². The van der Waals surface area contributed by atoms with Crippen molar-refractivity contribution in [3.63, 3.8) is 0 Å². The summed E-state index contributed by atoms with van der Waals surface area (Å²) in [5, 5.41) is 0. The van der Waals surface area contributed by atoms with Crippen LogP contribution >= 0.6 is 0 Å². The minimum Gasteiger partial charge on any atom is -0.381 e. The van der Waals surface area contributed by atoms with Gasteiger partial charge in [-0.15, -0.1) is 6.58 Å². The van der Waals surface area contributed by atoms with Gasteiger partial charge in [0.2, 0.25) is 5.91 Å². The highest BCUT2D eigenvalue weighted by molar-refractivity contribution is 5.79. The molecule has 5 nitrogen and oxygen atoms in total. The number of hydrogen-bond donors (Lipinski definition) is 0. The summed E-state index contributed by atoms with van der Waals surface area (Å²) >= 11 is 0. The Labute approximate surface area is 138 Å². The third kappa shape index (κ3) is 3.78. The zero-order valence-electron chi connectivity index (χ0n) is 14.0. The van der Waals surface area contributed by atoms with Crippen LogP contribution in [-0.4, -0.2) is 63.0 Å². The number of carbonyl (C=O) groups excluding carboxylic acids is 1. The molecule has 0 aromatic carbocycles. The van der Waals surface area contributed by atoms with E-state index in [-0.39, 0.29) is 17.4 Å². The monoisotopic (exact) mass is 323 g/mol. The van der Waals surface area contributed by atoms with Crippen LogP contribution in [-0.2, 0) is 19.0 Å². The Morgan fingerprint density at radius 2 is 2.13 bits per heavy atom. The highest BCUT2D eigenvalue weighted by atomic mass is 16.5. The minimum absolute atomic E-state index is 0.0413. The average Bonchev–Trinajstić information content (AvgIpc) is 2.61. The van der Waals surface area contributed by atoms with Crippen molar-refractivity contribution in [1.29, 1.82) is 0 Å². The van der Waals surface area contributed by atoms with Crippen molar-refractivity contribution < 1.29 is 19.0 Å². The Hall–Kier alpha value is -0.910. The Bertz CT molecular complexity index is 421. The van der Waals surface area contributed by atoms with E-state index in [4.69, 9.17) is 14.2 Å². The molecule has 0 radical (unpaired) electrons. The van der Waals surface area contributed by atoms with E-state index in [1.165, 1.54) is 0 Å². The molecule has 0 N–H and O–H groups in total. The summed E-state index contributed by atoms with van der Waals surface area (Å²) in [5.74, 6) is 0.441. The molecule has 0 saturated carbocycles. The summed E-state index contributed by atoms with van der Waals surface area (Å²) in [6.07, 6.45) is 6.76. The van der Waals surface area contributed by atoms with Crippen LogP contribution in [0.5, 0.6) is 0 Å². The Morgan fingerprint density at radius 1 is 1.30 bits per heavy atom. The van der Waals surface area contributed by atoms with Crippen LogP contribution in [0.25, 0.3) is 0 Å². The van der Waals surface area contributed by atoms with Gasteiger partial charge in [0, 0.05) is 44.2 Å². The van der Waals surface area contributed by atoms with Gasteiger partial charge in [-0.3, -0.25) is 4.79 Å². The highest BCUT2D eigenvalue weighted by Gasteiger charge is 2.47. The lowest BCUT2D eigenvalue weighted by Gasteiger charge is -2.50. The van der Waals surface area contributed by atoms with E-state index in [0.29, 0.717) is 32.3 Å². The molecule has 3 rings (SSSR count). The summed E-state index contributed by atoms with van der Waals surface area (Å²) < 4.78 is 17.2. The fraction of sp³-hybridized carbons (Fsp3) is 0.833. The predicted molar refractivity (Wildman–Crippen MR) is 87.2 cm³/mol. The van der Waals surface area contributed by atoms with Crippen molar-refractivity contribution in [2.75, 3.05) is 46.1 Å². The van der Waals surface area contributed by atoms with E-state index in [9.17, 15) is 4.79 Å². The lowest BCUT2D eigenvalue weighted by atomic mass is 9.72. The summed E-state index contributed by atoms with van der Waals surface area (Å²) in [7, 11) is 0. The lowest BCUT2D eigenvalue weighted by Crippen LogP contribution is -2.59. The maximum atomic E-state index is 12.9. The normalized spacial score (nSPS) is 32.3. The first-order valence-corrected chi connectivity index (χ1v) is 8.92. The molecule has 0 aromatic heterocycles. The van der Waals surface area contributed by atoms with Gasteiger partial charge in [0.05, 0.1) is 19.3 Å². The molecule has 3 aliphatic rings. The van der Waals surface area contributed by atoms with Crippen LogP contribution in [0.1, 0.15) is 32.1 Å². The SMILES string of the molecule is C=CCOC[C@]12CCCO[C@H]1CCN(C(=O)C1CCOCC1)C2. The summed E-state index contributed by atoms with van der Waals surface area (Å²) in [6, 6.07) is 0. The number of ether oxygens (including phenoxy) is 3. The van der Waals surface area contributed by atoms with E-state index < -0.39 is 0 Å². The molecule has 3 aliphatic heterocycles. The molecule has 2 atom stereocenters. The molecule has 0 bridgehead atoms. The fourth-order valence-corrected chi connectivity index (χ4v) is 4.24. The van der Waals surface area contributed by atoms with Crippen LogP contribution in [0.2, 0.25) is 0 Å². The van der Waals surface area contributed by atoms with Gasteiger partial charge in [0.25, 0.3) is 0 Å². The number of carbonyl (C=O) groups is 1. The standard InChI is InChI=1S/C18H29NO4/c1-2-9-22-14-18-7-3-10-23-16(18)4-8-19(13-18)17(20)15-5-11-21-12-6-15/h2,15-16H,1,3-14H2/t16-,18+/m0/s1. The maximum absolute atomic E-state index is 12.9. The first kappa shape index (κ1) is 16.9. The molecular formula is C18H29NO4. The lowest BCUT2D eigenvalue weighted by molar-refractivity contribution is -0.167. The first-order valence-electron chi connectivity index (χ1n) is 8.92. The largest absolute Gasteiger partial charge is 0.381 e. The van der Waals surface area contributed by atoms with E-state index in [1.807, 2.05) is 0 Å². The number of fused-ring (bicyclic) bond motifs is 1. The van der Waals surface area contributed by atoms with Crippen LogP contribution in [0.4, 0.5) is 0 Å². The van der Waals surface area contributed by atoms with Gasteiger partial charge in [-0.1, -0.05) is 6.08 Å². The van der Waals surface area contributed by atoms with Crippen molar-refractivity contribution in [2.24, 2.45) is 11.3 Å². The zero-order chi connectivity index (χ0) is 16.1. The molecule has 1 amide bonds. The van der Waals surface area contributed by atoms with E-state index in [1.54, 1.807) is 6.08 Å². The van der Waals surface area contributed by atoms with Crippen molar-refractivity contribution in [1.82, 2.24) is 4.90 Å². The van der Waals surface area contributed by atoms with Crippen molar-refractivity contribution in [2.45, 2.75) is 38.2 Å². The highest BCUT2D eigenvalue weighted by Crippen LogP contribution is 2.41. The molecule has 3 saturated heterocycles. The second-order valence-electron chi connectivity index (χ2n) is 7.06. The van der Waals surface area contributed by atoms with Gasteiger partial charge in [0.15, 0.2) is 0 Å². The molecule has 0 spiro atoms. The predicted octanol–water partition coefficient (Wildman–Crippen LogP) is 2.01. The number of nitrogens with zero attached hydrogens (tertiary/aromatic N) is 1. The van der Waals surface area contributed by atoms with Gasteiger partial charge in [-0.25, -0.2) is 0 Å². The molecule has 5 heteroatoms. The minimum atomic E-state index is -0.0413. The van der Waals surface area contributed by atoms with E-state index in [2.05, 4.69) is 11.5 Å². The Morgan fingerprint density at radius 3 is 2.91 bits per heavy atom. The number of amides is 1. The topological polar surface area (TPSA) is 48.0 Å². The van der Waals surface area contributed by atoms with Gasteiger partial charge in [0.1, 0.15) is 0 Å². The first-order chi connectivity index (χ1) is 11.2. The van der Waals surface area contributed by atoms with Gasteiger partial charge in [-0.05, 0) is 32.1 Å². The number of rotatable bonds is 5. The third-order valence-corrected chi connectivity index (χ3v) is 5.50. The summed E-state index contributed by atoms with van der Waals surface area (Å²) in [5.41, 5.74) is -0.0413. The molecular weight excluding hydrogens is 294 g/mol. The van der Waals surface area contributed by atoms with Crippen LogP contribution < -0.4 is 0 Å². The second kappa shape index (κ2) is 7.77. The third-order valence-electron chi connectivity index (χ3n) is 5.50.